The molecule has 1 N–H and O–H groups in total. The molecule has 2 aromatic carbocycles. The molecule has 2 aromatic rings. The molecule has 0 radical (unpaired) electrons. The topological polar surface area (TPSA) is 12.0 Å². The molecule has 0 aliphatic heterocycles. The van der Waals surface area contributed by atoms with E-state index >= 15 is 0 Å². The van der Waals surface area contributed by atoms with Crippen LogP contribution in [-0.4, -0.2) is 0 Å². The molecular weight excluding hydrogens is 218 g/mol. The highest BCUT2D eigenvalue weighted by atomic mass is 14.9. The maximum absolute atomic E-state index is 3.62. The van der Waals surface area contributed by atoms with E-state index < -0.39 is 0 Å². The lowest BCUT2D eigenvalue weighted by Gasteiger charge is -2.19. The number of anilines is 1. The Morgan fingerprint density at radius 2 is 1.67 bits per heavy atom. The number of para-hydroxylation sites is 1. The SMILES string of the molecule is CCc1ccccc1NC(C)c1ccccc1C. The van der Waals surface area contributed by atoms with E-state index in [1.807, 2.05) is 0 Å². The summed E-state index contributed by atoms with van der Waals surface area (Å²) < 4.78 is 0. The van der Waals surface area contributed by atoms with Crippen molar-refractivity contribution in [2.75, 3.05) is 5.32 Å². The Kier molecular flexibility index (Phi) is 4.03. The van der Waals surface area contributed by atoms with Crippen LogP contribution in [0, 0.1) is 6.92 Å². The molecular formula is C17H21N. The monoisotopic (exact) mass is 239 g/mol. The molecule has 1 nitrogen and oxygen atoms in total. The first-order valence-corrected chi connectivity index (χ1v) is 6.62. The Balaban J connectivity index is 2.21. The van der Waals surface area contributed by atoms with Gasteiger partial charge in [-0.15, -0.1) is 0 Å². The predicted molar refractivity (Wildman–Crippen MR) is 79.0 cm³/mol. The fourth-order valence-electron chi connectivity index (χ4n) is 2.35. The van der Waals surface area contributed by atoms with Crippen LogP contribution in [0.5, 0.6) is 0 Å². The van der Waals surface area contributed by atoms with Crippen molar-refractivity contribution >= 4 is 5.69 Å². The van der Waals surface area contributed by atoms with Crippen molar-refractivity contribution in [3.05, 3.63) is 65.2 Å². The quantitative estimate of drug-likeness (QED) is 0.813. The lowest BCUT2D eigenvalue weighted by atomic mass is 10.0. The Hall–Kier alpha value is -1.76. The number of benzene rings is 2. The second-order valence-corrected chi connectivity index (χ2v) is 4.73. The summed E-state index contributed by atoms with van der Waals surface area (Å²) in [6.45, 7) is 6.58. The van der Waals surface area contributed by atoms with Crippen LogP contribution in [0.2, 0.25) is 0 Å². The Labute approximate surface area is 110 Å². The number of aryl methyl sites for hydroxylation is 2. The normalized spacial score (nSPS) is 12.2. The van der Waals surface area contributed by atoms with Gasteiger partial charge in [0.25, 0.3) is 0 Å². The summed E-state index contributed by atoms with van der Waals surface area (Å²) in [5, 5.41) is 3.62. The smallest absolute Gasteiger partial charge is 0.0488 e. The Morgan fingerprint density at radius 1 is 1.00 bits per heavy atom. The van der Waals surface area contributed by atoms with Crippen LogP contribution >= 0.6 is 0 Å². The van der Waals surface area contributed by atoms with Gasteiger partial charge in [-0.25, -0.2) is 0 Å². The molecule has 0 bridgehead atoms. The summed E-state index contributed by atoms with van der Waals surface area (Å²) in [6, 6.07) is 17.4. The van der Waals surface area contributed by atoms with Gasteiger partial charge in [0.1, 0.15) is 0 Å². The maximum atomic E-state index is 3.62. The van der Waals surface area contributed by atoms with Gasteiger partial charge in [-0.3, -0.25) is 0 Å². The van der Waals surface area contributed by atoms with Gasteiger partial charge >= 0.3 is 0 Å². The maximum Gasteiger partial charge on any atom is 0.0488 e. The molecule has 2 rings (SSSR count). The van der Waals surface area contributed by atoms with Crippen molar-refractivity contribution in [3.8, 4) is 0 Å². The molecule has 0 aromatic heterocycles. The van der Waals surface area contributed by atoms with Gasteiger partial charge in [0.15, 0.2) is 0 Å². The van der Waals surface area contributed by atoms with Gasteiger partial charge < -0.3 is 5.32 Å². The third-order valence-electron chi connectivity index (χ3n) is 3.43. The molecule has 0 aliphatic carbocycles. The molecule has 0 heterocycles. The van der Waals surface area contributed by atoms with Crippen LogP contribution in [0.4, 0.5) is 5.69 Å². The summed E-state index contributed by atoms with van der Waals surface area (Å²) in [5.74, 6) is 0. The minimum Gasteiger partial charge on any atom is -0.378 e. The van der Waals surface area contributed by atoms with Crippen LogP contribution in [0.25, 0.3) is 0 Å². The fourth-order valence-corrected chi connectivity index (χ4v) is 2.35. The van der Waals surface area contributed by atoms with E-state index in [1.54, 1.807) is 0 Å². The molecule has 0 saturated heterocycles. The molecule has 1 unspecified atom stereocenters. The molecule has 1 heteroatoms. The zero-order chi connectivity index (χ0) is 13.0. The van der Waals surface area contributed by atoms with E-state index in [1.165, 1.54) is 22.4 Å². The predicted octanol–water partition coefficient (Wildman–Crippen LogP) is 4.73. The van der Waals surface area contributed by atoms with Gasteiger partial charge in [-0.2, -0.15) is 0 Å². The summed E-state index contributed by atoms with van der Waals surface area (Å²) in [6.07, 6.45) is 1.06. The lowest BCUT2D eigenvalue weighted by Crippen LogP contribution is -2.09. The minimum atomic E-state index is 0.332. The highest BCUT2D eigenvalue weighted by Gasteiger charge is 2.09. The minimum absolute atomic E-state index is 0.332. The van der Waals surface area contributed by atoms with E-state index in [4.69, 9.17) is 0 Å². The van der Waals surface area contributed by atoms with Crippen molar-refractivity contribution in [3.63, 3.8) is 0 Å². The zero-order valence-corrected chi connectivity index (χ0v) is 11.4. The van der Waals surface area contributed by atoms with Crippen molar-refractivity contribution in [2.45, 2.75) is 33.2 Å². The first-order chi connectivity index (χ1) is 8.72. The molecule has 18 heavy (non-hydrogen) atoms. The molecule has 0 amide bonds. The van der Waals surface area contributed by atoms with E-state index in [-0.39, 0.29) is 0 Å². The van der Waals surface area contributed by atoms with Crippen molar-refractivity contribution in [1.29, 1.82) is 0 Å². The first kappa shape index (κ1) is 12.7. The van der Waals surface area contributed by atoms with E-state index in [0.717, 1.165) is 6.42 Å². The fraction of sp³-hybridized carbons (Fsp3) is 0.294. The molecule has 94 valence electrons. The number of rotatable bonds is 4. The number of nitrogens with one attached hydrogen (secondary N) is 1. The average Bonchev–Trinajstić information content (AvgIpc) is 2.39. The summed E-state index contributed by atoms with van der Waals surface area (Å²) in [4.78, 5) is 0. The van der Waals surface area contributed by atoms with E-state index in [2.05, 4.69) is 74.6 Å². The van der Waals surface area contributed by atoms with Gasteiger partial charge in [0.2, 0.25) is 0 Å². The Bertz CT molecular complexity index is 517. The van der Waals surface area contributed by atoms with Crippen LogP contribution < -0.4 is 5.32 Å². The second-order valence-electron chi connectivity index (χ2n) is 4.73. The molecule has 0 fully saturated rings. The van der Waals surface area contributed by atoms with Crippen LogP contribution in [0.15, 0.2) is 48.5 Å². The number of hydrogen-bond acceptors (Lipinski definition) is 1. The van der Waals surface area contributed by atoms with Crippen LogP contribution in [0.3, 0.4) is 0 Å². The van der Waals surface area contributed by atoms with Gasteiger partial charge in [-0.05, 0) is 43.0 Å². The summed E-state index contributed by atoms with van der Waals surface area (Å²) in [5.41, 5.74) is 5.32. The van der Waals surface area contributed by atoms with Crippen molar-refractivity contribution < 1.29 is 0 Å². The van der Waals surface area contributed by atoms with Crippen molar-refractivity contribution in [2.24, 2.45) is 0 Å². The Morgan fingerprint density at radius 3 is 2.39 bits per heavy atom. The first-order valence-electron chi connectivity index (χ1n) is 6.62. The van der Waals surface area contributed by atoms with Gasteiger partial charge in [0.05, 0.1) is 0 Å². The summed E-state index contributed by atoms with van der Waals surface area (Å²) >= 11 is 0. The molecule has 1 atom stereocenters. The third kappa shape index (κ3) is 2.73. The van der Waals surface area contributed by atoms with Crippen LogP contribution in [0.1, 0.15) is 36.6 Å². The standard InChI is InChI=1S/C17H21N/c1-4-15-10-6-8-12-17(15)18-14(3)16-11-7-5-9-13(16)2/h5-12,14,18H,4H2,1-3H3. The third-order valence-corrected chi connectivity index (χ3v) is 3.43. The molecule has 0 aliphatic rings. The summed E-state index contributed by atoms with van der Waals surface area (Å²) in [7, 11) is 0. The van der Waals surface area contributed by atoms with Gasteiger partial charge in [-0.1, -0.05) is 49.4 Å². The van der Waals surface area contributed by atoms with Crippen LogP contribution in [-0.2, 0) is 6.42 Å². The largest absolute Gasteiger partial charge is 0.378 e. The molecule has 0 spiro atoms. The second kappa shape index (κ2) is 5.72. The van der Waals surface area contributed by atoms with E-state index in [9.17, 15) is 0 Å². The highest BCUT2D eigenvalue weighted by Crippen LogP contribution is 2.24. The average molecular weight is 239 g/mol. The zero-order valence-electron chi connectivity index (χ0n) is 11.4. The highest BCUT2D eigenvalue weighted by molar-refractivity contribution is 5.53. The number of hydrogen-bond donors (Lipinski definition) is 1. The van der Waals surface area contributed by atoms with Gasteiger partial charge in [0, 0.05) is 11.7 Å². The lowest BCUT2D eigenvalue weighted by molar-refractivity contribution is 0.869. The molecule has 0 saturated carbocycles. The van der Waals surface area contributed by atoms with E-state index in [0.29, 0.717) is 6.04 Å². The van der Waals surface area contributed by atoms with Crippen molar-refractivity contribution in [1.82, 2.24) is 0 Å².